The van der Waals surface area contributed by atoms with Gasteiger partial charge in [0.2, 0.25) is 0 Å². The number of benzene rings is 2. The van der Waals surface area contributed by atoms with Crippen LogP contribution in [-0.4, -0.2) is 0 Å². The number of hydrogen-bond donors (Lipinski definition) is 0. The fraction of sp³-hybridized carbons (Fsp3) is 0.200. The highest BCUT2D eigenvalue weighted by atomic mass is 14.1. The molecule has 100 valence electrons. The van der Waals surface area contributed by atoms with Crippen molar-refractivity contribution >= 4 is 0 Å². The van der Waals surface area contributed by atoms with E-state index in [1.54, 1.807) is 0 Å². The Balaban J connectivity index is 1.97. The van der Waals surface area contributed by atoms with Crippen molar-refractivity contribution in [2.45, 2.75) is 26.2 Å². The molecule has 0 radical (unpaired) electrons. The highest BCUT2D eigenvalue weighted by molar-refractivity contribution is 5.65. The fourth-order valence-electron chi connectivity index (χ4n) is 2.67. The summed E-state index contributed by atoms with van der Waals surface area (Å²) >= 11 is 0. The minimum absolute atomic E-state index is 1.03. The molecule has 0 saturated carbocycles. The third-order valence-corrected chi connectivity index (χ3v) is 3.89. The maximum Gasteiger partial charge on any atom is -0.00914 e. The van der Waals surface area contributed by atoms with Gasteiger partial charge in [-0.15, -0.1) is 0 Å². The van der Waals surface area contributed by atoms with Crippen LogP contribution in [0.15, 0.2) is 66.8 Å². The van der Waals surface area contributed by atoms with Gasteiger partial charge in [-0.25, -0.2) is 0 Å². The molecule has 20 heavy (non-hydrogen) atoms. The van der Waals surface area contributed by atoms with E-state index in [1.807, 2.05) is 0 Å². The maximum atomic E-state index is 2.36. The minimum atomic E-state index is 1.03. The molecule has 2 aromatic carbocycles. The largest absolute Gasteiger partial charge is 0.0842 e. The minimum Gasteiger partial charge on any atom is -0.0842 e. The van der Waals surface area contributed by atoms with Gasteiger partial charge in [0, 0.05) is 0 Å². The van der Waals surface area contributed by atoms with E-state index < -0.39 is 0 Å². The van der Waals surface area contributed by atoms with E-state index in [0.717, 1.165) is 19.3 Å². The van der Waals surface area contributed by atoms with Crippen molar-refractivity contribution in [1.29, 1.82) is 0 Å². The summed E-state index contributed by atoms with van der Waals surface area (Å²) in [7, 11) is 0. The Labute approximate surface area is 121 Å². The summed E-state index contributed by atoms with van der Waals surface area (Å²) in [4.78, 5) is 0. The molecule has 0 N–H and O–H groups in total. The van der Waals surface area contributed by atoms with Crippen LogP contribution in [0.2, 0.25) is 0 Å². The Hall–Kier alpha value is -2.08. The van der Waals surface area contributed by atoms with E-state index in [9.17, 15) is 0 Å². The maximum absolute atomic E-state index is 2.36. The van der Waals surface area contributed by atoms with Crippen molar-refractivity contribution < 1.29 is 0 Å². The molecular weight excluding hydrogens is 240 g/mol. The topological polar surface area (TPSA) is 0 Å². The lowest BCUT2D eigenvalue weighted by atomic mass is 9.95. The Kier molecular flexibility index (Phi) is 3.83. The number of hydrogen-bond acceptors (Lipinski definition) is 0. The molecule has 0 fully saturated rings. The van der Waals surface area contributed by atoms with E-state index in [2.05, 4.69) is 73.7 Å². The van der Waals surface area contributed by atoms with Gasteiger partial charge in [-0.1, -0.05) is 72.3 Å². The quantitative estimate of drug-likeness (QED) is 0.656. The van der Waals surface area contributed by atoms with Gasteiger partial charge in [-0.3, -0.25) is 0 Å². The van der Waals surface area contributed by atoms with Gasteiger partial charge < -0.3 is 0 Å². The van der Waals surface area contributed by atoms with Gasteiger partial charge in [0.1, 0.15) is 0 Å². The summed E-state index contributed by atoms with van der Waals surface area (Å²) < 4.78 is 0. The first-order valence-corrected chi connectivity index (χ1v) is 7.33. The second kappa shape index (κ2) is 5.92. The predicted molar refractivity (Wildman–Crippen MR) is 86.9 cm³/mol. The third kappa shape index (κ3) is 2.91. The molecule has 0 atom stereocenters. The number of fused-ring (bicyclic) bond motifs is 1. The molecule has 0 nitrogen and oxygen atoms in total. The lowest BCUT2D eigenvalue weighted by Gasteiger charge is -2.10. The smallest absolute Gasteiger partial charge is 0.00914 e. The average molecular weight is 260 g/mol. The number of aryl methyl sites for hydroxylation is 2. The van der Waals surface area contributed by atoms with Crippen LogP contribution in [0.4, 0.5) is 0 Å². The van der Waals surface area contributed by atoms with Crippen LogP contribution in [-0.2, 0) is 12.8 Å². The van der Waals surface area contributed by atoms with Crippen LogP contribution in [0.3, 0.4) is 0 Å². The van der Waals surface area contributed by atoms with Gasteiger partial charge in [0.25, 0.3) is 0 Å². The van der Waals surface area contributed by atoms with Gasteiger partial charge in [-0.2, -0.15) is 0 Å². The summed E-state index contributed by atoms with van der Waals surface area (Å²) in [5.74, 6) is 0. The van der Waals surface area contributed by atoms with Crippen LogP contribution in [0.25, 0.3) is 11.1 Å². The Morgan fingerprint density at radius 3 is 2.35 bits per heavy atom. The first kappa shape index (κ1) is 12.9. The zero-order valence-corrected chi connectivity index (χ0v) is 12.0. The Morgan fingerprint density at radius 1 is 0.750 bits per heavy atom. The monoisotopic (exact) mass is 260 g/mol. The molecule has 3 rings (SSSR count). The SMILES string of the molecule is Cc1ccc(-c2ccc3c(c2)C/C=C\C=C/CC3)cc1. The second-order valence-corrected chi connectivity index (χ2v) is 5.45. The van der Waals surface area contributed by atoms with Crippen molar-refractivity contribution in [1.82, 2.24) is 0 Å². The molecule has 0 aliphatic heterocycles. The molecule has 0 heteroatoms. The highest BCUT2D eigenvalue weighted by Gasteiger charge is 2.05. The Morgan fingerprint density at radius 2 is 1.50 bits per heavy atom. The molecule has 0 spiro atoms. The second-order valence-electron chi connectivity index (χ2n) is 5.45. The van der Waals surface area contributed by atoms with Gasteiger partial charge in [0.15, 0.2) is 0 Å². The Bertz CT molecular complexity index is 642. The van der Waals surface area contributed by atoms with Gasteiger partial charge >= 0.3 is 0 Å². The zero-order valence-electron chi connectivity index (χ0n) is 12.0. The summed E-state index contributed by atoms with van der Waals surface area (Å²) in [6, 6.07) is 15.7. The average Bonchev–Trinajstić information content (AvgIpc) is 2.59. The third-order valence-electron chi connectivity index (χ3n) is 3.89. The zero-order chi connectivity index (χ0) is 13.8. The molecule has 1 aliphatic carbocycles. The number of allylic oxidation sites excluding steroid dienone is 4. The summed E-state index contributed by atoms with van der Waals surface area (Å²) in [5, 5.41) is 0. The summed E-state index contributed by atoms with van der Waals surface area (Å²) in [6.45, 7) is 2.13. The molecule has 0 aromatic heterocycles. The van der Waals surface area contributed by atoms with Crippen molar-refractivity contribution in [2.24, 2.45) is 0 Å². The van der Waals surface area contributed by atoms with Crippen LogP contribution >= 0.6 is 0 Å². The molecule has 0 saturated heterocycles. The molecule has 1 aliphatic rings. The first-order chi connectivity index (χ1) is 9.83. The molecule has 0 unspecified atom stereocenters. The van der Waals surface area contributed by atoms with Gasteiger partial charge in [-0.05, 0) is 48.4 Å². The van der Waals surface area contributed by atoms with Crippen molar-refractivity contribution in [2.75, 3.05) is 0 Å². The predicted octanol–water partition coefficient (Wildman–Crippen LogP) is 5.26. The number of rotatable bonds is 1. The van der Waals surface area contributed by atoms with Crippen LogP contribution in [0, 0.1) is 6.92 Å². The summed E-state index contributed by atoms with van der Waals surface area (Å²) in [5.41, 5.74) is 6.88. The molecule has 0 bridgehead atoms. The van der Waals surface area contributed by atoms with E-state index in [-0.39, 0.29) is 0 Å². The van der Waals surface area contributed by atoms with E-state index in [4.69, 9.17) is 0 Å². The van der Waals surface area contributed by atoms with Gasteiger partial charge in [0.05, 0.1) is 0 Å². The van der Waals surface area contributed by atoms with E-state index in [1.165, 1.54) is 27.8 Å². The lowest BCUT2D eigenvalue weighted by molar-refractivity contribution is 0.980. The van der Waals surface area contributed by atoms with Crippen LogP contribution < -0.4 is 0 Å². The fourth-order valence-corrected chi connectivity index (χ4v) is 2.67. The van der Waals surface area contributed by atoms with Crippen molar-refractivity contribution in [3.05, 3.63) is 83.5 Å². The normalized spacial score (nSPS) is 17.4. The van der Waals surface area contributed by atoms with Crippen molar-refractivity contribution in [3.63, 3.8) is 0 Å². The molecular formula is C20H20. The van der Waals surface area contributed by atoms with Crippen LogP contribution in [0.1, 0.15) is 23.1 Å². The molecule has 0 amide bonds. The lowest BCUT2D eigenvalue weighted by Crippen LogP contribution is -1.93. The van der Waals surface area contributed by atoms with E-state index >= 15 is 0 Å². The van der Waals surface area contributed by atoms with E-state index in [0.29, 0.717) is 0 Å². The molecule has 0 heterocycles. The highest BCUT2D eigenvalue weighted by Crippen LogP contribution is 2.25. The molecule has 2 aromatic rings. The van der Waals surface area contributed by atoms with Crippen molar-refractivity contribution in [3.8, 4) is 11.1 Å². The van der Waals surface area contributed by atoms with Crippen LogP contribution in [0.5, 0.6) is 0 Å². The summed E-state index contributed by atoms with van der Waals surface area (Å²) in [6.07, 6.45) is 12.1. The first-order valence-electron chi connectivity index (χ1n) is 7.33. The standard InChI is InChI=1S/C20H20/c1-16-9-11-18(12-10-16)20-14-13-17-7-5-3-2-4-6-8-19(17)15-20/h2-4,6,9-15H,5,7-8H2,1H3/b3-2-,6-4-.